The Hall–Kier alpha value is -4.10. The molecule has 0 unspecified atom stereocenters. The topological polar surface area (TPSA) is 0 Å². The van der Waals surface area contributed by atoms with Crippen LogP contribution in [0.3, 0.4) is 0 Å². The molecule has 2 aliphatic carbocycles. The first-order valence-corrected chi connectivity index (χ1v) is 17.1. The summed E-state index contributed by atoms with van der Waals surface area (Å²) in [4.78, 5) is 0. The lowest BCUT2D eigenvalue weighted by Crippen LogP contribution is -2.32. The van der Waals surface area contributed by atoms with Crippen LogP contribution in [0.4, 0.5) is 0 Å². The van der Waals surface area contributed by atoms with Gasteiger partial charge < -0.3 is 0 Å². The number of fused-ring (bicyclic) bond motifs is 3. The Kier molecular flexibility index (Phi) is 7.94. The van der Waals surface area contributed by atoms with Gasteiger partial charge in [0.05, 0.1) is 10.0 Å². The molecule has 0 fully saturated rings. The molecule has 233 valence electrons. The lowest BCUT2D eigenvalue weighted by molar-refractivity contribution is 0.583. The van der Waals surface area contributed by atoms with Crippen LogP contribution in [0.5, 0.6) is 0 Å². The van der Waals surface area contributed by atoms with E-state index in [9.17, 15) is 0 Å². The molecule has 0 nitrogen and oxygen atoms in total. The molecule has 7 rings (SSSR count). The van der Waals surface area contributed by atoms with Gasteiger partial charge in [0, 0.05) is 5.56 Å². The average molecular weight is 651 g/mol. The van der Waals surface area contributed by atoms with E-state index >= 15 is 0 Å². The molecule has 0 spiro atoms. The van der Waals surface area contributed by atoms with Crippen molar-refractivity contribution in [2.45, 2.75) is 58.8 Å². The summed E-state index contributed by atoms with van der Waals surface area (Å²) in [5, 5.41) is 3.56. The standard InChI is InChI=1S/C45H39Cl2/c1-44(2,3)31-23-24-32-30(25-31)26-37-36(32)27-38(40(28-15-9-7-10-16-28)29-17-11-8-12-18-29)42(45(4,5)6)41(37)34-20-13-19-33(34)35-21-14-22-39(46)43(35)47/h7-19,21-25,27H,20H2,1-6H3. The van der Waals surface area contributed by atoms with Gasteiger partial charge in [-0.1, -0.05) is 162 Å². The predicted octanol–water partition coefficient (Wildman–Crippen LogP) is 11.4. The zero-order valence-corrected chi connectivity index (χ0v) is 29.4. The minimum absolute atomic E-state index is 0.0337. The SMILES string of the molecule is CC(C)(C)c1ccc2c(c1)[C]=c1c-2cc(=C(c2ccccc2)c2ccccc2)c(C(C)(C)C)c1C1=C(c2cccc(Cl)c2Cl)C=CC1. The van der Waals surface area contributed by atoms with Crippen molar-refractivity contribution < 1.29 is 0 Å². The van der Waals surface area contributed by atoms with Crippen LogP contribution in [-0.4, -0.2) is 0 Å². The third-order valence-electron chi connectivity index (χ3n) is 9.38. The maximum absolute atomic E-state index is 6.93. The zero-order chi connectivity index (χ0) is 33.1. The van der Waals surface area contributed by atoms with Crippen LogP contribution in [-0.2, 0) is 10.8 Å². The Morgan fingerprint density at radius 2 is 1.32 bits per heavy atom. The monoisotopic (exact) mass is 649 g/mol. The molecule has 2 aliphatic rings. The third-order valence-corrected chi connectivity index (χ3v) is 10.2. The van der Waals surface area contributed by atoms with Crippen LogP contribution in [0.1, 0.15) is 86.9 Å². The van der Waals surface area contributed by atoms with E-state index in [2.05, 4.69) is 151 Å². The summed E-state index contributed by atoms with van der Waals surface area (Å²) in [5.74, 6) is 0. The van der Waals surface area contributed by atoms with Crippen molar-refractivity contribution >= 4 is 46.0 Å². The van der Waals surface area contributed by atoms with Crippen LogP contribution in [0.15, 0.2) is 115 Å². The molecule has 1 radical (unpaired) electrons. The van der Waals surface area contributed by atoms with Crippen molar-refractivity contribution in [1.29, 1.82) is 0 Å². The Morgan fingerprint density at radius 1 is 0.660 bits per heavy atom. The fourth-order valence-corrected chi connectivity index (χ4v) is 7.58. The maximum Gasteiger partial charge on any atom is 0.0670 e. The van der Waals surface area contributed by atoms with Gasteiger partial charge in [0.15, 0.2) is 0 Å². The van der Waals surface area contributed by atoms with Crippen molar-refractivity contribution in [2.75, 3.05) is 0 Å². The summed E-state index contributed by atoms with van der Waals surface area (Å²) in [6.45, 7) is 13.8. The van der Waals surface area contributed by atoms with Crippen LogP contribution in [0.25, 0.3) is 33.9 Å². The largest absolute Gasteiger partial charge is 0.0827 e. The van der Waals surface area contributed by atoms with E-state index in [1.807, 2.05) is 12.1 Å². The first kappa shape index (κ1) is 31.5. The quantitative estimate of drug-likeness (QED) is 0.178. The molecule has 0 aromatic heterocycles. The summed E-state index contributed by atoms with van der Waals surface area (Å²) in [7, 11) is 0. The molecule has 0 atom stereocenters. The van der Waals surface area contributed by atoms with Crippen molar-refractivity contribution in [3.05, 3.63) is 175 Å². The summed E-state index contributed by atoms with van der Waals surface area (Å²) < 4.78 is 0. The van der Waals surface area contributed by atoms with Gasteiger partial charge in [-0.3, -0.25) is 0 Å². The molecular formula is C45H39Cl2. The highest BCUT2D eigenvalue weighted by Gasteiger charge is 2.31. The number of allylic oxidation sites excluding steroid dienone is 4. The molecule has 0 bridgehead atoms. The lowest BCUT2D eigenvalue weighted by Gasteiger charge is -2.28. The molecule has 0 saturated heterocycles. The fraction of sp³-hybridized carbons (Fsp3) is 0.200. The summed E-state index contributed by atoms with van der Waals surface area (Å²) >= 11 is 13.5. The van der Waals surface area contributed by atoms with Crippen LogP contribution in [0, 0.1) is 0 Å². The van der Waals surface area contributed by atoms with E-state index < -0.39 is 0 Å². The van der Waals surface area contributed by atoms with E-state index in [0.717, 1.165) is 28.3 Å². The van der Waals surface area contributed by atoms with Gasteiger partial charge in [-0.15, -0.1) is 0 Å². The Labute approximate surface area is 289 Å². The average Bonchev–Trinajstić information content (AvgIpc) is 3.67. The van der Waals surface area contributed by atoms with Gasteiger partial charge in [0.1, 0.15) is 0 Å². The number of benzene rings is 5. The van der Waals surface area contributed by atoms with Gasteiger partial charge in [-0.05, 0) is 113 Å². The van der Waals surface area contributed by atoms with Crippen molar-refractivity contribution in [3.63, 3.8) is 0 Å². The van der Waals surface area contributed by atoms with E-state index in [4.69, 9.17) is 23.2 Å². The molecule has 0 aliphatic heterocycles. The minimum Gasteiger partial charge on any atom is -0.0827 e. The second-order valence-corrected chi connectivity index (χ2v) is 15.5. The Bertz CT molecular complexity index is 2180. The molecule has 2 heteroatoms. The molecule has 0 heterocycles. The third kappa shape index (κ3) is 5.62. The van der Waals surface area contributed by atoms with Crippen LogP contribution < -0.4 is 10.4 Å². The maximum atomic E-state index is 6.93. The summed E-state index contributed by atoms with van der Waals surface area (Å²) in [5.41, 5.74) is 14.3. The fourth-order valence-electron chi connectivity index (χ4n) is 7.18. The van der Waals surface area contributed by atoms with Gasteiger partial charge in [0.25, 0.3) is 0 Å². The van der Waals surface area contributed by atoms with E-state index in [1.54, 1.807) is 0 Å². The second kappa shape index (κ2) is 11.9. The highest BCUT2D eigenvalue weighted by atomic mass is 35.5. The van der Waals surface area contributed by atoms with Crippen LogP contribution >= 0.6 is 23.2 Å². The normalized spacial score (nSPS) is 13.9. The Morgan fingerprint density at radius 3 is 1.94 bits per heavy atom. The molecule has 0 amide bonds. The Balaban J connectivity index is 1.71. The van der Waals surface area contributed by atoms with Gasteiger partial charge >= 0.3 is 0 Å². The molecule has 47 heavy (non-hydrogen) atoms. The smallest absolute Gasteiger partial charge is 0.0670 e. The highest BCUT2D eigenvalue weighted by Crippen LogP contribution is 2.43. The van der Waals surface area contributed by atoms with E-state index in [0.29, 0.717) is 10.0 Å². The first-order chi connectivity index (χ1) is 22.4. The number of hydrogen-bond acceptors (Lipinski definition) is 0. The summed E-state index contributed by atoms with van der Waals surface area (Å²) in [6, 6.07) is 37.0. The molecule has 0 saturated carbocycles. The lowest BCUT2D eigenvalue weighted by atomic mass is 9.75. The van der Waals surface area contributed by atoms with Crippen molar-refractivity contribution in [3.8, 4) is 11.1 Å². The first-order valence-electron chi connectivity index (χ1n) is 16.4. The van der Waals surface area contributed by atoms with Crippen molar-refractivity contribution in [2.24, 2.45) is 0 Å². The minimum atomic E-state index is -0.208. The van der Waals surface area contributed by atoms with E-state index in [-0.39, 0.29) is 10.8 Å². The van der Waals surface area contributed by atoms with Gasteiger partial charge in [-0.25, -0.2) is 0 Å². The molecular weight excluding hydrogens is 611 g/mol. The number of halogens is 2. The van der Waals surface area contributed by atoms with E-state index in [1.165, 1.54) is 55.3 Å². The van der Waals surface area contributed by atoms with Crippen LogP contribution in [0.2, 0.25) is 10.0 Å². The highest BCUT2D eigenvalue weighted by molar-refractivity contribution is 6.43. The molecule has 0 N–H and O–H groups in total. The zero-order valence-electron chi connectivity index (χ0n) is 27.9. The van der Waals surface area contributed by atoms with Gasteiger partial charge in [-0.2, -0.15) is 0 Å². The second-order valence-electron chi connectivity index (χ2n) is 14.7. The predicted molar refractivity (Wildman–Crippen MR) is 203 cm³/mol. The number of rotatable bonds is 4. The summed E-state index contributed by atoms with van der Waals surface area (Å²) in [6.07, 6.45) is 9.24. The molecule has 5 aromatic rings. The number of hydrogen-bond donors (Lipinski definition) is 0. The van der Waals surface area contributed by atoms with Crippen molar-refractivity contribution in [1.82, 2.24) is 0 Å². The van der Waals surface area contributed by atoms with Gasteiger partial charge in [0.2, 0.25) is 0 Å². The molecule has 5 aromatic carbocycles.